The number of hydrogen-bond donors (Lipinski definition) is 0. The highest BCUT2D eigenvalue weighted by Crippen LogP contribution is 2.17. The maximum Gasteiger partial charge on any atom is 0.306 e. The van der Waals surface area contributed by atoms with Gasteiger partial charge in [-0.3, -0.25) is 14.4 Å². The fourth-order valence-corrected chi connectivity index (χ4v) is 9.37. The lowest BCUT2D eigenvalue weighted by atomic mass is 10.0. The molecule has 0 aliphatic heterocycles. The van der Waals surface area contributed by atoms with Crippen LogP contribution >= 0.6 is 0 Å². The third kappa shape index (κ3) is 61.6. The van der Waals surface area contributed by atoms with E-state index >= 15 is 0 Å². The highest BCUT2D eigenvalue weighted by Gasteiger charge is 2.19. The van der Waals surface area contributed by atoms with E-state index in [4.69, 9.17) is 14.2 Å². The molecule has 0 rings (SSSR count). The Labute approximate surface area is 465 Å². The van der Waals surface area contributed by atoms with Gasteiger partial charge in [-0.15, -0.1) is 0 Å². The number of rotatable bonds is 59. The number of allylic oxidation sites excluding steroid dienone is 12. The van der Waals surface area contributed by atoms with Crippen LogP contribution in [0.5, 0.6) is 0 Å². The fraction of sp³-hybridized carbons (Fsp3) is 0.783. The van der Waals surface area contributed by atoms with Gasteiger partial charge < -0.3 is 14.2 Å². The van der Waals surface area contributed by atoms with Gasteiger partial charge in [0.15, 0.2) is 6.10 Å². The van der Waals surface area contributed by atoms with E-state index in [0.717, 1.165) is 89.9 Å². The molecule has 0 aliphatic rings. The van der Waals surface area contributed by atoms with Gasteiger partial charge in [0.25, 0.3) is 0 Å². The van der Waals surface area contributed by atoms with Gasteiger partial charge in [0.2, 0.25) is 0 Å². The molecule has 0 saturated heterocycles. The first-order valence-corrected chi connectivity index (χ1v) is 32.5. The zero-order chi connectivity index (χ0) is 54.3. The summed E-state index contributed by atoms with van der Waals surface area (Å²) in [5.41, 5.74) is 0. The average Bonchev–Trinajstić information content (AvgIpc) is 3.41. The van der Waals surface area contributed by atoms with Gasteiger partial charge in [-0.2, -0.15) is 0 Å². The number of carbonyl (C=O) groups excluding carboxylic acids is 3. The van der Waals surface area contributed by atoms with Crippen LogP contribution in [0.3, 0.4) is 0 Å². The molecule has 0 saturated carbocycles. The van der Waals surface area contributed by atoms with Crippen molar-refractivity contribution >= 4 is 17.9 Å². The molecule has 0 N–H and O–H groups in total. The van der Waals surface area contributed by atoms with Crippen molar-refractivity contribution in [3.05, 3.63) is 72.9 Å². The third-order valence-electron chi connectivity index (χ3n) is 14.2. The Balaban J connectivity index is 4.38. The van der Waals surface area contributed by atoms with Crippen molar-refractivity contribution in [3.8, 4) is 0 Å². The Bertz CT molecular complexity index is 1390. The van der Waals surface area contributed by atoms with Gasteiger partial charge in [-0.1, -0.05) is 299 Å². The van der Waals surface area contributed by atoms with Gasteiger partial charge in [-0.05, 0) is 83.5 Å². The highest BCUT2D eigenvalue weighted by molar-refractivity contribution is 5.71. The van der Waals surface area contributed by atoms with Crippen LogP contribution in [0, 0.1) is 0 Å². The van der Waals surface area contributed by atoms with Crippen LogP contribution in [-0.2, 0) is 28.6 Å². The highest BCUT2D eigenvalue weighted by atomic mass is 16.6. The molecule has 0 aromatic heterocycles. The lowest BCUT2D eigenvalue weighted by molar-refractivity contribution is -0.167. The van der Waals surface area contributed by atoms with Crippen LogP contribution in [0.25, 0.3) is 0 Å². The number of carbonyl (C=O) groups is 3. The Morgan fingerprint density at radius 1 is 0.293 bits per heavy atom. The second-order valence-corrected chi connectivity index (χ2v) is 21.7. The van der Waals surface area contributed by atoms with E-state index in [2.05, 4.69) is 93.7 Å². The van der Waals surface area contributed by atoms with Gasteiger partial charge >= 0.3 is 17.9 Å². The molecule has 6 heteroatoms. The summed E-state index contributed by atoms with van der Waals surface area (Å²) in [4.78, 5) is 38.4. The van der Waals surface area contributed by atoms with E-state index in [9.17, 15) is 14.4 Å². The summed E-state index contributed by atoms with van der Waals surface area (Å²) in [6, 6.07) is 0. The Kier molecular flexibility index (Phi) is 60.7. The number of hydrogen-bond acceptors (Lipinski definition) is 6. The first kappa shape index (κ1) is 71.8. The van der Waals surface area contributed by atoms with Crippen molar-refractivity contribution in [2.24, 2.45) is 0 Å². The molecular weight excluding hydrogens is 925 g/mol. The van der Waals surface area contributed by atoms with E-state index in [-0.39, 0.29) is 31.1 Å². The summed E-state index contributed by atoms with van der Waals surface area (Å²) in [7, 11) is 0. The molecule has 434 valence electrons. The topological polar surface area (TPSA) is 78.9 Å². The minimum Gasteiger partial charge on any atom is -0.462 e. The lowest BCUT2D eigenvalue weighted by Crippen LogP contribution is -2.30. The van der Waals surface area contributed by atoms with E-state index in [1.165, 1.54) is 199 Å². The molecule has 0 amide bonds. The summed E-state index contributed by atoms with van der Waals surface area (Å²) >= 11 is 0. The standard InChI is InChI=1S/C69H122O6/c1-4-7-10-13-16-19-22-25-28-31-34-37-40-43-46-49-52-55-58-61-67(70)73-64-66(75-69(72)63-60-57-54-51-48-45-42-39-36-33-30-27-24-21-18-15-12-9-6-3)65-74-68(71)62-59-56-53-50-47-44-41-38-35-32-29-26-23-20-17-14-11-8-5-2/h7,10,16,18-19,21,24-25,27-28,34,37,66H,4-6,8-9,11-15,17,20,22-23,26,29-33,35-36,38-65H2,1-3H3/b10-7-,19-16-,21-18-,27-24-,28-25-,37-34-. The molecule has 1 unspecified atom stereocenters. The minimum absolute atomic E-state index is 0.0782. The summed E-state index contributed by atoms with van der Waals surface area (Å²) < 4.78 is 17.0. The molecule has 0 radical (unpaired) electrons. The molecule has 0 heterocycles. The zero-order valence-electron chi connectivity index (χ0n) is 49.8. The summed E-state index contributed by atoms with van der Waals surface area (Å²) in [6.45, 7) is 6.53. The van der Waals surface area contributed by atoms with E-state index in [0.29, 0.717) is 19.3 Å². The maximum absolute atomic E-state index is 12.9. The number of esters is 3. The van der Waals surface area contributed by atoms with Crippen LogP contribution in [0.15, 0.2) is 72.9 Å². The smallest absolute Gasteiger partial charge is 0.306 e. The molecule has 0 aliphatic carbocycles. The number of ether oxygens (including phenoxy) is 3. The average molecular weight is 1050 g/mol. The van der Waals surface area contributed by atoms with Crippen molar-refractivity contribution in [1.82, 2.24) is 0 Å². The summed E-state index contributed by atoms with van der Waals surface area (Å²) in [5, 5.41) is 0. The SMILES string of the molecule is CC/C=C\C/C=C\C/C=C\C/C=C\CCCCCCCCC(=O)OCC(COC(=O)CCCCCCCCCCCCCCCCCCCCC)OC(=O)CCCCCCCCCCCC/C=C\C=C/CCCCC. The van der Waals surface area contributed by atoms with Crippen molar-refractivity contribution in [2.45, 2.75) is 335 Å². The molecular formula is C69H122O6. The van der Waals surface area contributed by atoms with Gasteiger partial charge in [0.1, 0.15) is 13.2 Å². The van der Waals surface area contributed by atoms with Crippen LogP contribution in [0.4, 0.5) is 0 Å². The second-order valence-electron chi connectivity index (χ2n) is 21.7. The predicted octanol–water partition coefficient (Wildman–Crippen LogP) is 22.1. The van der Waals surface area contributed by atoms with Crippen LogP contribution in [-0.4, -0.2) is 37.2 Å². The van der Waals surface area contributed by atoms with E-state index in [1.807, 2.05) is 0 Å². The van der Waals surface area contributed by atoms with Gasteiger partial charge in [0, 0.05) is 19.3 Å². The van der Waals surface area contributed by atoms with Gasteiger partial charge in [0.05, 0.1) is 0 Å². The van der Waals surface area contributed by atoms with Crippen LogP contribution in [0.2, 0.25) is 0 Å². The monoisotopic (exact) mass is 1050 g/mol. The zero-order valence-corrected chi connectivity index (χ0v) is 49.8. The normalized spacial score (nSPS) is 12.5. The van der Waals surface area contributed by atoms with Crippen LogP contribution < -0.4 is 0 Å². The molecule has 0 aromatic rings. The Morgan fingerprint density at radius 3 is 0.920 bits per heavy atom. The minimum atomic E-state index is -0.783. The maximum atomic E-state index is 12.9. The van der Waals surface area contributed by atoms with Crippen molar-refractivity contribution < 1.29 is 28.6 Å². The Morgan fingerprint density at radius 2 is 0.560 bits per heavy atom. The second kappa shape index (κ2) is 63.4. The quantitative estimate of drug-likeness (QED) is 0.0199. The largest absolute Gasteiger partial charge is 0.462 e. The predicted molar refractivity (Wildman–Crippen MR) is 325 cm³/mol. The Hall–Kier alpha value is -3.15. The van der Waals surface area contributed by atoms with E-state index < -0.39 is 6.10 Å². The van der Waals surface area contributed by atoms with E-state index in [1.54, 1.807) is 0 Å². The molecule has 0 fully saturated rings. The first-order chi connectivity index (χ1) is 37.0. The van der Waals surface area contributed by atoms with Gasteiger partial charge in [-0.25, -0.2) is 0 Å². The van der Waals surface area contributed by atoms with Crippen molar-refractivity contribution in [1.29, 1.82) is 0 Å². The molecule has 0 bridgehead atoms. The fourth-order valence-electron chi connectivity index (χ4n) is 9.37. The summed E-state index contributed by atoms with van der Waals surface area (Å²) in [5.74, 6) is -0.878. The van der Waals surface area contributed by atoms with Crippen molar-refractivity contribution in [2.75, 3.05) is 13.2 Å². The molecule has 75 heavy (non-hydrogen) atoms. The third-order valence-corrected chi connectivity index (χ3v) is 14.2. The lowest BCUT2D eigenvalue weighted by Gasteiger charge is -2.18. The molecule has 1 atom stereocenters. The first-order valence-electron chi connectivity index (χ1n) is 32.5. The molecule has 0 spiro atoms. The summed E-state index contributed by atoms with van der Waals surface area (Å²) in [6.07, 6.45) is 81.8. The number of unbranched alkanes of at least 4 members (excludes halogenated alkanes) is 37. The van der Waals surface area contributed by atoms with Crippen LogP contribution in [0.1, 0.15) is 329 Å². The van der Waals surface area contributed by atoms with Crippen molar-refractivity contribution in [3.63, 3.8) is 0 Å². The molecule has 0 aromatic carbocycles. The molecule has 6 nitrogen and oxygen atoms in total.